The third-order valence-electron chi connectivity index (χ3n) is 2.53. The van der Waals surface area contributed by atoms with Crippen molar-refractivity contribution in [3.05, 3.63) is 34.1 Å². The van der Waals surface area contributed by atoms with E-state index in [0.29, 0.717) is 5.56 Å². The molecule has 0 bridgehead atoms. The first kappa shape index (κ1) is 16.6. The molecule has 0 aliphatic heterocycles. The number of halogens is 2. The van der Waals surface area contributed by atoms with Gasteiger partial charge in [-0.15, -0.1) is 0 Å². The number of rotatable bonds is 6. The van der Waals surface area contributed by atoms with Crippen molar-refractivity contribution in [2.45, 2.75) is 19.5 Å². The second kappa shape index (κ2) is 7.96. The van der Waals surface area contributed by atoms with Gasteiger partial charge in [0.1, 0.15) is 11.9 Å². The van der Waals surface area contributed by atoms with Crippen LogP contribution < -0.4 is 10.6 Å². The van der Waals surface area contributed by atoms with Gasteiger partial charge in [0.25, 0.3) is 0 Å². The number of ether oxygens (including phenoxy) is 1. The first-order valence-corrected chi connectivity index (χ1v) is 6.73. The average Bonchev–Trinajstić information content (AvgIpc) is 2.40. The van der Waals surface area contributed by atoms with Crippen molar-refractivity contribution in [3.63, 3.8) is 0 Å². The number of hydrogen-bond acceptors (Lipinski definition) is 4. The first-order chi connectivity index (χ1) is 9.43. The Morgan fingerprint density at radius 1 is 1.45 bits per heavy atom. The minimum Gasteiger partial charge on any atom is -0.467 e. The Labute approximate surface area is 125 Å². The van der Waals surface area contributed by atoms with Gasteiger partial charge in [-0.3, -0.25) is 4.79 Å². The van der Waals surface area contributed by atoms with Crippen LogP contribution in [0, 0.1) is 5.82 Å². The fourth-order valence-corrected chi connectivity index (χ4v) is 2.02. The summed E-state index contributed by atoms with van der Waals surface area (Å²) in [6.45, 7) is 1.69. The van der Waals surface area contributed by atoms with Crippen LogP contribution in [0.5, 0.6) is 0 Å². The first-order valence-electron chi connectivity index (χ1n) is 5.93. The molecule has 0 aliphatic carbocycles. The van der Waals surface area contributed by atoms with Crippen LogP contribution >= 0.6 is 15.9 Å². The molecule has 0 radical (unpaired) electrons. The van der Waals surface area contributed by atoms with Crippen molar-refractivity contribution in [1.82, 2.24) is 10.6 Å². The molecule has 1 aromatic carbocycles. The van der Waals surface area contributed by atoms with E-state index in [-0.39, 0.29) is 24.8 Å². The number of nitrogens with one attached hydrogen (secondary N) is 2. The molecule has 0 saturated heterocycles. The van der Waals surface area contributed by atoms with Gasteiger partial charge in [-0.2, -0.15) is 0 Å². The van der Waals surface area contributed by atoms with Crippen molar-refractivity contribution >= 4 is 27.8 Å². The lowest BCUT2D eigenvalue weighted by Crippen LogP contribution is -2.47. The zero-order valence-corrected chi connectivity index (χ0v) is 12.8. The van der Waals surface area contributed by atoms with Crippen LogP contribution in [0.1, 0.15) is 12.5 Å². The van der Waals surface area contributed by atoms with Crippen LogP contribution in [0.4, 0.5) is 4.39 Å². The maximum atomic E-state index is 13.5. The van der Waals surface area contributed by atoms with Crippen LogP contribution in [-0.2, 0) is 20.9 Å². The van der Waals surface area contributed by atoms with Gasteiger partial charge in [0.2, 0.25) is 5.91 Å². The van der Waals surface area contributed by atoms with Gasteiger partial charge in [-0.25, -0.2) is 9.18 Å². The zero-order valence-electron chi connectivity index (χ0n) is 11.2. The van der Waals surface area contributed by atoms with Gasteiger partial charge in [0, 0.05) is 30.0 Å². The molecule has 0 fully saturated rings. The molecule has 1 rings (SSSR count). The van der Waals surface area contributed by atoms with Crippen molar-refractivity contribution in [3.8, 4) is 0 Å². The lowest BCUT2D eigenvalue weighted by molar-refractivity contribution is -0.144. The van der Waals surface area contributed by atoms with E-state index in [2.05, 4.69) is 31.3 Å². The maximum absolute atomic E-state index is 13.5. The van der Waals surface area contributed by atoms with Crippen LogP contribution in [0.25, 0.3) is 0 Å². The molecule has 1 unspecified atom stereocenters. The van der Waals surface area contributed by atoms with Gasteiger partial charge in [0.05, 0.1) is 7.11 Å². The Hall–Kier alpha value is -1.47. The molecule has 0 spiro atoms. The highest BCUT2D eigenvalue weighted by molar-refractivity contribution is 9.10. The summed E-state index contributed by atoms with van der Waals surface area (Å²) in [5, 5.41) is 5.38. The number of esters is 1. The molecule has 110 valence electrons. The summed E-state index contributed by atoms with van der Waals surface area (Å²) in [4.78, 5) is 22.4. The highest BCUT2D eigenvalue weighted by Gasteiger charge is 2.19. The van der Waals surface area contributed by atoms with Gasteiger partial charge >= 0.3 is 5.97 Å². The normalized spacial score (nSPS) is 11.8. The van der Waals surface area contributed by atoms with Crippen LogP contribution in [0.2, 0.25) is 0 Å². The summed E-state index contributed by atoms with van der Waals surface area (Å²) in [5.74, 6) is -1.23. The highest BCUT2D eigenvalue weighted by atomic mass is 79.9. The number of carbonyl (C=O) groups excluding carboxylic acids is 2. The fourth-order valence-electron chi connectivity index (χ4n) is 1.61. The van der Waals surface area contributed by atoms with E-state index in [1.54, 1.807) is 12.1 Å². The van der Waals surface area contributed by atoms with E-state index in [9.17, 15) is 14.0 Å². The van der Waals surface area contributed by atoms with E-state index in [1.807, 2.05) is 0 Å². The van der Waals surface area contributed by atoms with E-state index >= 15 is 0 Å². The van der Waals surface area contributed by atoms with Crippen LogP contribution in [-0.4, -0.2) is 31.6 Å². The van der Waals surface area contributed by atoms with Crippen molar-refractivity contribution in [1.29, 1.82) is 0 Å². The standard InChI is InChI=1S/C13H16BrFN2O3/c1-8(18)17-12(13(19)20-2)7-16-6-9-5-10(14)3-4-11(9)15/h3-5,12,16H,6-7H2,1-2H3,(H,17,18). The van der Waals surface area contributed by atoms with E-state index in [1.165, 1.54) is 20.1 Å². The molecule has 20 heavy (non-hydrogen) atoms. The summed E-state index contributed by atoms with van der Waals surface area (Å²) < 4.78 is 18.9. The topological polar surface area (TPSA) is 67.4 Å². The molecular weight excluding hydrogens is 331 g/mol. The Morgan fingerprint density at radius 3 is 2.75 bits per heavy atom. The molecule has 0 saturated carbocycles. The summed E-state index contributed by atoms with van der Waals surface area (Å²) in [6.07, 6.45) is 0. The van der Waals surface area contributed by atoms with E-state index in [4.69, 9.17) is 0 Å². The SMILES string of the molecule is COC(=O)C(CNCc1cc(Br)ccc1F)NC(C)=O. The third-order valence-corrected chi connectivity index (χ3v) is 3.03. The Kier molecular flexibility index (Phi) is 6.60. The van der Waals surface area contributed by atoms with Gasteiger partial charge < -0.3 is 15.4 Å². The molecule has 0 aliphatic rings. The molecule has 1 atom stereocenters. The minimum atomic E-state index is -0.798. The number of carbonyl (C=O) groups is 2. The summed E-state index contributed by atoms with van der Waals surface area (Å²) in [6, 6.07) is 3.81. The molecule has 2 N–H and O–H groups in total. The lowest BCUT2D eigenvalue weighted by Gasteiger charge is -2.16. The number of methoxy groups -OCH3 is 1. The smallest absolute Gasteiger partial charge is 0.329 e. The molecule has 0 heterocycles. The van der Waals surface area contributed by atoms with Crippen LogP contribution in [0.15, 0.2) is 22.7 Å². The lowest BCUT2D eigenvalue weighted by atomic mass is 10.2. The fraction of sp³-hybridized carbons (Fsp3) is 0.385. The van der Waals surface area contributed by atoms with Crippen molar-refractivity contribution in [2.24, 2.45) is 0 Å². The quantitative estimate of drug-likeness (QED) is 0.763. The Bertz CT molecular complexity index is 497. The predicted octanol–water partition coefficient (Wildman–Crippen LogP) is 1.36. The second-order valence-corrected chi connectivity index (χ2v) is 5.06. The van der Waals surface area contributed by atoms with Gasteiger partial charge in [-0.1, -0.05) is 15.9 Å². The number of benzene rings is 1. The van der Waals surface area contributed by atoms with Crippen LogP contribution in [0.3, 0.4) is 0 Å². The molecule has 1 aromatic rings. The summed E-state index contributed by atoms with van der Waals surface area (Å²) in [7, 11) is 1.24. The van der Waals surface area contributed by atoms with Gasteiger partial charge in [-0.05, 0) is 18.2 Å². The number of hydrogen-bond donors (Lipinski definition) is 2. The van der Waals surface area contributed by atoms with Gasteiger partial charge in [0.15, 0.2) is 0 Å². The largest absolute Gasteiger partial charge is 0.467 e. The Balaban J connectivity index is 2.57. The molecule has 5 nitrogen and oxygen atoms in total. The summed E-state index contributed by atoms with van der Waals surface area (Å²) in [5.41, 5.74) is 0.464. The minimum absolute atomic E-state index is 0.151. The molecule has 1 amide bonds. The molecule has 0 aromatic heterocycles. The third kappa shape index (κ3) is 5.26. The molecule has 7 heteroatoms. The zero-order chi connectivity index (χ0) is 15.1. The van der Waals surface area contributed by atoms with Crippen molar-refractivity contribution < 1.29 is 18.7 Å². The monoisotopic (exact) mass is 346 g/mol. The summed E-state index contributed by atoms with van der Waals surface area (Å²) >= 11 is 3.26. The maximum Gasteiger partial charge on any atom is 0.329 e. The predicted molar refractivity (Wildman–Crippen MR) is 75.4 cm³/mol. The van der Waals surface area contributed by atoms with E-state index < -0.39 is 12.0 Å². The highest BCUT2D eigenvalue weighted by Crippen LogP contribution is 2.15. The second-order valence-electron chi connectivity index (χ2n) is 4.14. The molecular formula is C13H16BrFN2O3. The Morgan fingerprint density at radius 2 is 2.15 bits per heavy atom. The average molecular weight is 347 g/mol. The van der Waals surface area contributed by atoms with E-state index in [0.717, 1.165) is 4.47 Å². The van der Waals surface area contributed by atoms with Crippen molar-refractivity contribution in [2.75, 3.05) is 13.7 Å². The number of amides is 1.